The minimum Gasteiger partial charge on any atom is -0.473 e. The number of aromatic nitrogens is 3. The molecule has 0 amide bonds. The number of hydrogen-bond acceptors (Lipinski definition) is 9. The molecule has 9 nitrogen and oxygen atoms in total. The second-order valence-electron chi connectivity index (χ2n) is 7.84. The first-order valence-electron chi connectivity index (χ1n) is 10.4. The van der Waals surface area contributed by atoms with E-state index in [-0.39, 0.29) is 16.9 Å². The van der Waals surface area contributed by atoms with Crippen molar-refractivity contribution >= 4 is 40.1 Å². The normalized spacial score (nSPS) is 18.2. The van der Waals surface area contributed by atoms with Crippen LogP contribution >= 0.6 is 11.6 Å². The average Bonchev–Trinajstić information content (AvgIpc) is 2.82. The monoisotopic (exact) mass is 473 g/mol. The lowest BCUT2D eigenvalue weighted by atomic mass is 10.0. The molecule has 0 unspecified atom stereocenters. The Balaban J connectivity index is 1.56. The number of morpholine rings is 1. The van der Waals surface area contributed by atoms with Crippen molar-refractivity contribution in [1.29, 1.82) is 0 Å². The third kappa shape index (κ3) is 4.00. The van der Waals surface area contributed by atoms with Gasteiger partial charge in [0.15, 0.2) is 11.5 Å². The molecule has 1 saturated heterocycles. The number of nitrogens with one attached hydrogen (secondary N) is 1. The second kappa shape index (κ2) is 8.60. The quantitative estimate of drug-likeness (QED) is 0.451. The van der Waals surface area contributed by atoms with Gasteiger partial charge in [0.25, 0.3) is 5.88 Å². The second-order valence-corrected chi connectivity index (χ2v) is 8.22. The summed E-state index contributed by atoms with van der Waals surface area (Å²) >= 11 is 5.95. The van der Waals surface area contributed by atoms with Crippen molar-refractivity contribution in [3.05, 3.63) is 46.5 Å². The van der Waals surface area contributed by atoms with Crippen LogP contribution in [0.15, 0.2) is 24.3 Å². The Kier molecular flexibility index (Phi) is 5.63. The summed E-state index contributed by atoms with van der Waals surface area (Å²) in [6.45, 7) is 4.08. The number of pyridine rings is 1. The zero-order chi connectivity index (χ0) is 23.1. The summed E-state index contributed by atoms with van der Waals surface area (Å²) in [5, 5.41) is 3.36. The maximum absolute atomic E-state index is 14.5. The Labute approximate surface area is 193 Å². The summed E-state index contributed by atoms with van der Waals surface area (Å²) in [4.78, 5) is 27.7. The largest absolute Gasteiger partial charge is 0.473 e. The number of hydrogen-bond donors (Lipinski definition) is 1. The third-order valence-electron chi connectivity index (χ3n) is 5.71. The minimum absolute atomic E-state index is 0.0329. The van der Waals surface area contributed by atoms with Crippen LogP contribution in [0.1, 0.15) is 29.0 Å². The fraction of sp³-hybridized carbons (Fsp3) is 0.364. The van der Waals surface area contributed by atoms with Crippen LogP contribution in [0, 0.1) is 5.82 Å². The van der Waals surface area contributed by atoms with Gasteiger partial charge in [0.05, 0.1) is 49.1 Å². The van der Waals surface area contributed by atoms with Crippen LogP contribution in [0.2, 0.25) is 5.15 Å². The van der Waals surface area contributed by atoms with E-state index in [0.717, 1.165) is 0 Å². The highest BCUT2D eigenvalue weighted by Gasteiger charge is 2.33. The van der Waals surface area contributed by atoms with E-state index in [4.69, 9.17) is 30.8 Å². The molecule has 1 fully saturated rings. The lowest BCUT2D eigenvalue weighted by molar-refractivity contribution is 0.0595. The molecule has 0 spiro atoms. The minimum atomic E-state index is -0.638. The van der Waals surface area contributed by atoms with Crippen molar-refractivity contribution < 1.29 is 23.4 Å². The van der Waals surface area contributed by atoms with Crippen LogP contribution in [0.3, 0.4) is 0 Å². The molecule has 2 aliphatic rings. The number of fused-ring (bicyclic) bond motifs is 4. The van der Waals surface area contributed by atoms with E-state index < -0.39 is 17.8 Å². The van der Waals surface area contributed by atoms with Gasteiger partial charge in [0, 0.05) is 18.2 Å². The summed E-state index contributed by atoms with van der Waals surface area (Å²) in [6, 6.07) is 5.52. The van der Waals surface area contributed by atoms with Crippen LogP contribution in [0.4, 0.5) is 15.9 Å². The van der Waals surface area contributed by atoms with Crippen LogP contribution < -0.4 is 15.0 Å². The zero-order valence-electron chi connectivity index (χ0n) is 18.0. The molecule has 3 aromatic rings. The molecule has 2 aromatic heterocycles. The molecule has 0 aliphatic carbocycles. The number of carbonyl (C=O) groups excluding carboxylic acids is 1. The number of methoxy groups -OCH3 is 1. The van der Waals surface area contributed by atoms with Crippen molar-refractivity contribution in [2.45, 2.75) is 19.0 Å². The first-order valence-corrected chi connectivity index (χ1v) is 10.8. The Hall–Kier alpha value is -3.24. The summed E-state index contributed by atoms with van der Waals surface area (Å²) < 4.78 is 30.7. The van der Waals surface area contributed by atoms with Gasteiger partial charge in [0.1, 0.15) is 17.6 Å². The van der Waals surface area contributed by atoms with Gasteiger partial charge in [0.2, 0.25) is 0 Å². The number of anilines is 2. The molecule has 11 heteroatoms. The van der Waals surface area contributed by atoms with E-state index in [9.17, 15) is 9.18 Å². The maximum Gasteiger partial charge on any atom is 0.358 e. The maximum atomic E-state index is 14.5. The van der Waals surface area contributed by atoms with E-state index in [1.807, 2.05) is 6.92 Å². The lowest BCUT2D eigenvalue weighted by Crippen LogP contribution is -2.51. The summed E-state index contributed by atoms with van der Waals surface area (Å²) in [7, 11) is 1.26. The average molecular weight is 474 g/mol. The highest BCUT2D eigenvalue weighted by molar-refractivity contribution is 6.29. The highest BCUT2D eigenvalue weighted by Crippen LogP contribution is 2.36. The van der Waals surface area contributed by atoms with Crippen molar-refractivity contribution in [2.24, 2.45) is 0 Å². The number of nitrogens with zero attached hydrogens (tertiary/aromatic N) is 4. The van der Waals surface area contributed by atoms with E-state index in [1.165, 1.54) is 19.2 Å². The Bertz CT molecular complexity index is 1240. The van der Waals surface area contributed by atoms with Gasteiger partial charge in [-0.25, -0.2) is 24.1 Å². The molecule has 33 heavy (non-hydrogen) atoms. The molecule has 2 aliphatic heterocycles. The Morgan fingerprint density at radius 1 is 1.30 bits per heavy atom. The fourth-order valence-electron chi connectivity index (χ4n) is 4.10. The molecule has 0 saturated carbocycles. The van der Waals surface area contributed by atoms with Gasteiger partial charge in [-0.3, -0.25) is 0 Å². The van der Waals surface area contributed by atoms with Gasteiger partial charge >= 0.3 is 5.97 Å². The standard InChI is InChI=1S/C22H21ClFN5O4/c1-11(25-15-3-4-17(23)27-19(15)22(30)31-2)14-7-12(24)8-16-18(14)28-20-21(26-16)33-10-13-9-32-6-5-29(13)20/h3-4,7-8,11,13,25H,5-6,9-10H2,1-2H3/t11-,13+/m1/s1. The van der Waals surface area contributed by atoms with Gasteiger partial charge in [-0.2, -0.15) is 0 Å². The molecule has 0 radical (unpaired) electrons. The molecule has 5 rings (SSSR count). The highest BCUT2D eigenvalue weighted by atomic mass is 35.5. The van der Waals surface area contributed by atoms with Gasteiger partial charge in [-0.1, -0.05) is 11.6 Å². The van der Waals surface area contributed by atoms with Crippen molar-refractivity contribution in [3.8, 4) is 5.88 Å². The molecule has 172 valence electrons. The van der Waals surface area contributed by atoms with Crippen molar-refractivity contribution in [2.75, 3.05) is 43.7 Å². The van der Waals surface area contributed by atoms with Crippen LogP contribution in [-0.4, -0.2) is 60.4 Å². The predicted molar refractivity (Wildman–Crippen MR) is 120 cm³/mol. The van der Waals surface area contributed by atoms with Gasteiger partial charge in [-0.15, -0.1) is 0 Å². The lowest BCUT2D eigenvalue weighted by Gasteiger charge is -2.39. The Morgan fingerprint density at radius 2 is 2.15 bits per heavy atom. The topological polar surface area (TPSA) is 98.7 Å². The van der Waals surface area contributed by atoms with Crippen LogP contribution in [0.5, 0.6) is 5.88 Å². The van der Waals surface area contributed by atoms with Crippen LogP contribution in [0.25, 0.3) is 11.0 Å². The summed E-state index contributed by atoms with van der Waals surface area (Å²) in [6.07, 6.45) is 0. The SMILES string of the molecule is COC(=O)c1nc(Cl)ccc1N[C@H](C)c1cc(F)cc2nc3c(nc12)N1CCOC[C@H]1CO3. The predicted octanol–water partition coefficient (Wildman–Crippen LogP) is 3.37. The van der Waals surface area contributed by atoms with Gasteiger partial charge < -0.3 is 24.4 Å². The molecular weight excluding hydrogens is 453 g/mol. The molecular formula is C22H21ClFN5O4. The first kappa shape index (κ1) is 21.6. The molecule has 1 aromatic carbocycles. The smallest absolute Gasteiger partial charge is 0.358 e. The zero-order valence-corrected chi connectivity index (χ0v) is 18.7. The van der Waals surface area contributed by atoms with Crippen LogP contribution in [-0.2, 0) is 9.47 Å². The van der Waals surface area contributed by atoms with Crippen molar-refractivity contribution in [3.63, 3.8) is 0 Å². The number of benzene rings is 1. The number of carbonyl (C=O) groups is 1. The van der Waals surface area contributed by atoms with Crippen molar-refractivity contribution in [1.82, 2.24) is 15.0 Å². The molecule has 2 atom stereocenters. The Morgan fingerprint density at radius 3 is 2.97 bits per heavy atom. The first-order chi connectivity index (χ1) is 15.9. The summed E-state index contributed by atoms with van der Waals surface area (Å²) in [5.74, 6) is -0.0956. The number of ether oxygens (including phenoxy) is 3. The number of esters is 1. The van der Waals surface area contributed by atoms with Gasteiger partial charge in [-0.05, 0) is 25.1 Å². The molecule has 0 bridgehead atoms. The van der Waals surface area contributed by atoms with E-state index in [2.05, 4.69) is 20.2 Å². The van der Waals surface area contributed by atoms with E-state index >= 15 is 0 Å². The number of rotatable bonds is 4. The van der Waals surface area contributed by atoms with E-state index in [0.29, 0.717) is 60.3 Å². The third-order valence-corrected chi connectivity index (χ3v) is 5.92. The molecule has 4 heterocycles. The van der Waals surface area contributed by atoms with E-state index in [1.54, 1.807) is 12.1 Å². The summed E-state index contributed by atoms with van der Waals surface area (Å²) in [5.41, 5.74) is 1.92. The number of halogens is 2. The molecule has 1 N–H and O–H groups in total. The fourth-order valence-corrected chi connectivity index (χ4v) is 4.25.